The molecule has 0 amide bonds. The zero-order chi connectivity index (χ0) is 22.0. The Bertz CT molecular complexity index is 325. The quantitative estimate of drug-likeness (QED) is 0.148. The van der Waals surface area contributed by atoms with Gasteiger partial charge in [-0.25, -0.2) is 0 Å². The van der Waals surface area contributed by atoms with Crippen LogP contribution in [0.5, 0.6) is 0 Å². The number of aliphatic hydroxyl groups excluding tert-OH is 2. The summed E-state index contributed by atoms with van der Waals surface area (Å²) in [5.41, 5.74) is 0. The number of unbranched alkanes of at least 4 members (excludes halogenated alkanes) is 17. The van der Waals surface area contributed by atoms with E-state index in [-0.39, 0.29) is 13.2 Å². The fourth-order valence-corrected chi connectivity index (χ4v) is 4.02. The molecule has 2 N–H and O–H groups in total. The van der Waals surface area contributed by atoms with Crippen molar-refractivity contribution in [2.45, 2.75) is 135 Å². The topological polar surface area (TPSA) is 43.7 Å². The first kappa shape index (κ1) is 29.5. The van der Waals surface area contributed by atoms with E-state index < -0.39 is 0 Å². The van der Waals surface area contributed by atoms with Crippen LogP contribution in [0.15, 0.2) is 12.3 Å². The summed E-state index contributed by atoms with van der Waals surface area (Å²) in [6, 6.07) is 0. The van der Waals surface area contributed by atoms with Gasteiger partial charge >= 0.3 is 0 Å². The summed E-state index contributed by atoms with van der Waals surface area (Å²) in [4.78, 5) is 2.22. The van der Waals surface area contributed by atoms with Crippen molar-refractivity contribution in [3.05, 3.63) is 12.3 Å². The average molecular weight is 426 g/mol. The van der Waals surface area contributed by atoms with Gasteiger partial charge in [0.05, 0.1) is 0 Å². The summed E-state index contributed by atoms with van der Waals surface area (Å²) in [6.07, 6.45) is 31.3. The van der Waals surface area contributed by atoms with E-state index in [1.165, 1.54) is 109 Å². The van der Waals surface area contributed by atoms with Crippen molar-refractivity contribution in [3.63, 3.8) is 0 Å². The molecule has 0 saturated heterocycles. The van der Waals surface area contributed by atoms with Crippen LogP contribution in [-0.2, 0) is 0 Å². The van der Waals surface area contributed by atoms with Gasteiger partial charge in [0.2, 0.25) is 0 Å². The first-order valence-corrected chi connectivity index (χ1v) is 13.5. The highest BCUT2D eigenvalue weighted by molar-refractivity contribution is 4.82. The van der Waals surface area contributed by atoms with Crippen molar-refractivity contribution in [2.75, 3.05) is 26.3 Å². The Hall–Kier alpha value is -0.540. The Balaban J connectivity index is 3.29. The maximum absolute atomic E-state index is 8.97. The predicted octanol–water partition coefficient (Wildman–Crippen LogP) is 7.61. The largest absolute Gasteiger partial charge is 0.396 e. The Morgan fingerprint density at radius 1 is 0.500 bits per heavy atom. The van der Waals surface area contributed by atoms with E-state index in [1.807, 2.05) is 0 Å². The molecular formula is C27H55NO2. The van der Waals surface area contributed by atoms with E-state index in [4.69, 9.17) is 10.2 Å². The Morgan fingerprint density at radius 3 is 1.23 bits per heavy atom. The minimum absolute atomic E-state index is 0.239. The molecule has 0 aromatic rings. The van der Waals surface area contributed by atoms with Gasteiger partial charge in [-0.3, -0.25) is 0 Å². The van der Waals surface area contributed by atoms with Crippen LogP contribution in [0, 0.1) is 0 Å². The van der Waals surface area contributed by atoms with Gasteiger partial charge in [0, 0.05) is 26.3 Å². The highest BCUT2D eigenvalue weighted by atomic mass is 16.3. The van der Waals surface area contributed by atoms with Crippen molar-refractivity contribution in [3.8, 4) is 0 Å². The third-order valence-electron chi connectivity index (χ3n) is 6.00. The Kier molecular flexibility index (Phi) is 26.0. The minimum Gasteiger partial charge on any atom is -0.396 e. The fourth-order valence-electron chi connectivity index (χ4n) is 4.02. The molecule has 0 saturated carbocycles. The molecule has 0 atom stereocenters. The molecule has 0 bridgehead atoms. The van der Waals surface area contributed by atoms with Gasteiger partial charge in [0.15, 0.2) is 0 Å². The first-order chi connectivity index (χ1) is 14.8. The molecule has 0 aliphatic carbocycles. The molecule has 0 unspecified atom stereocenters. The van der Waals surface area contributed by atoms with Gasteiger partial charge in [-0.1, -0.05) is 116 Å². The van der Waals surface area contributed by atoms with E-state index in [9.17, 15) is 0 Å². The average Bonchev–Trinajstić information content (AvgIpc) is 2.76. The number of allylic oxidation sites excluding steroid dienone is 1. The smallest absolute Gasteiger partial charge is 0.0447 e. The third-order valence-corrected chi connectivity index (χ3v) is 6.00. The number of aliphatic hydroxyl groups is 2. The van der Waals surface area contributed by atoms with Gasteiger partial charge in [0.25, 0.3) is 0 Å². The van der Waals surface area contributed by atoms with Crippen LogP contribution in [0.2, 0.25) is 0 Å². The van der Waals surface area contributed by atoms with Crippen molar-refractivity contribution in [1.82, 2.24) is 4.90 Å². The summed E-state index contributed by atoms with van der Waals surface area (Å²) in [5, 5.41) is 17.9. The Labute approximate surface area is 189 Å². The second kappa shape index (κ2) is 26.5. The molecule has 0 aliphatic heterocycles. The Morgan fingerprint density at radius 2 is 0.867 bits per heavy atom. The number of hydrogen-bond acceptors (Lipinski definition) is 3. The lowest BCUT2D eigenvalue weighted by Gasteiger charge is -2.19. The zero-order valence-electron chi connectivity index (χ0n) is 20.5. The second-order valence-electron chi connectivity index (χ2n) is 9.02. The molecule has 0 aromatic carbocycles. The molecule has 180 valence electrons. The summed E-state index contributed by atoms with van der Waals surface area (Å²) < 4.78 is 0. The zero-order valence-corrected chi connectivity index (χ0v) is 20.5. The van der Waals surface area contributed by atoms with Crippen LogP contribution in [0.3, 0.4) is 0 Å². The molecular weight excluding hydrogens is 370 g/mol. The summed E-state index contributed by atoms with van der Waals surface area (Å²) in [7, 11) is 0. The van der Waals surface area contributed by atoms with Crippen molar-refractivity contribution in [2.24, 2.45) is 0 Å². The van der Waals surface area contributed by atoms with Crippen LogP contribution < -0.4 is 0 Å². The van der Waals surface area contributed by atoms with Crippen LogP contribution in [0.1, 0.15) is 135 Å². The fraction of sp³-hybridized carbons (Fsp3) is 0.926. The van der Waals surface area contributed by atoms with Crippen LogP contribution in [-0.4, -0.2) is 41.4 Å². The standard InChI is InChI=1S/C27H55NO2/c1-2-3-4-5-6-7-8-9-10-11-12-13-14-15-16-17-18-19-20-23-28(24-21-26-29)25-22-27-30/h20,23,29-30H,2-19,21-22,24-27H2,1H3. The maximum Gasteiger partial charge on any atom is 0.0447 e. The van der Waals surface area contributed by atoms with E-state index >= 15 is 0 Å². The highest BCUT2D eigenvalue weighted by Gasteiger charge is 1.98. The molecule has 3 heteroatoms. The van der Waals surface area contributed by atoms with Crippen LogP contribution in [0.25, 0.3) is 0 Å². The van der Waals surface area contributed by atoms with E-state index in [2.05, 4.69) is 24.1 Å². The van der Waals surface area contributed by atoms with Gasteiger partial charge in [-0.05, 0) is 31.9 Å². The molecule has 0 rings (SSSR count). The van der Waals surface area contributed by atoms with Crippen LogP contribution in [0.4, 0.5) is 0 Å². The molecule has 0 spiro atoms. The molecule has 0 heterocycles. The van der Waals surface area contributed by atoms with Crippen LogP contribution >= 0.6 is 0 Å². The minimum atomic E-state index is 0.239. The van der Waals surface area contributed by atoms with Crippen molar-refractivity contribution in [1.29, 1.82) is 0 Å². The number of hydrogen-bond donors (Lipinski definition) is 2. The lowest BCUT2D eigenvalue weighted by Crippen LogP contribution is -2.21. The normalized spacial score (nSPS) is 11.6. The summed E-state index contributed by atoms with van der Waals surface area (Å²) in [5.74, 6) is 0. The molecule has 0 radical (unpaired) electrons. The third kappa shape index (κ3) is 23.7. The monoisotopic (exact) mass is 425 g/mol. The van der Waals surface area contributed by atoms with E-state index in [0.29, 0.717) is 0 Å². The second-order valence-corrected chi connectivity index (χ2v) is 9.02. The molecule has 3 nitrogen and oxygen atoms in total. The van der Waals surface area contributed by atoms with Crippen molar-refractivity contribution >= 4 is 0 Å². The lowest BCUT2D eigenvalue weighted by molar-refractivity contribution is 0.236. The lowest BCUT2D eigenvalue weighted by atomic mass is 10.0. The molecule has 0 fully saturated rings. The maximum atomic E-state index is 8.97. The van der Waals surface area contributed by atoms with Gasteiger partial charge in [0.1, 0.15) is 0 Å². The molecule has 30 heavy (non-hydrogen) atoms. The highest BCUT2D eigenvalue weighted by Crippen LogP contribution is 2.14. The number of rotatable bonds is 25. The van der Waals surface area contributed by atoms with E-state index in [1.54, 1.807) is 0 Å². The van der Waals surface area contributed by atoms with E-state index in [0.717, 1.165) is 32.4 Å². The summed E-state index contributed by atoms with van der Waals surface area (Å²) >= 11 is 0. The van der Waals surface area contributed by atoms with Crippen molar-refractivity contribution < 1.29 is 10.2 Å². The number of nitrogens with zero attached hydrogens (tertiary/aromatic N) is 1. The van der Waals surface area contributed by atoms with Gasteiger partial charge in [-0.2, -0.15) is 0 Å². The summed E-state index contributed by atoms with van der Waals surface area (Å²) in [6.45, 7) is 4.53. The van der Waals surface area contributed by atoms with Gasteiger partial charge < -0.3 is 15.1 Å². The van der Waals surface area contributed by atoms with Gasteiger partial charge in [-0.15, -0.1) is 0 Å². The first-order valence-electron chi connectivity index (χ1n) is 13.5. The predicted molar refractivity (Wildman–Crippen MR) is 133 cm³/mol. The molecule has 0 aliphatic rings. The molecule has 0 aromatic heterocycles. The SMILES string of the molecule is CCCCCCCCCCCCCCCCCCCC=CN(CCCO)CCCO.